The van der Waals surface area contributed by atoms with Crippen LogP contribution < -0.4 is 9.80 Å². The molecule has 0 aliphatic carbocycles. The average Bonchev–Trinajstić information content (AvgIpc) is 3.32. The maximum Gasteiger partial charge on any atom is 0.276 e. The lowest BCUT2D eigenvalue weighted by Crippen LogP contribution is -2.49. The molecule has 0 spiro atoms. The molecule has 2 aromatic heterocycles. The van der Waals surface area contributed by atoms with Crippen molar-refractivity contribution in [3.63, 3.8) is 0 Å². The molecule has 1 amide bonds. The molecule has 26 heavy (non-hydrogen) atoms. The van der Waals surface area contributed by atoms with Crippen molar-refractivity contribution < 1.29 is 9.32 Å². The first-order chi connectivity index (χ1) is 12.6. The fourth-order valence-electron chi connectivity index (χ4n) is 3.52. The first-order valence-corrected chi connectivity index (χ1v) is 9.18. The maximum absolute atomic E-state index is 12.5. The molecule has 0 radical (unpaired) electrons. The Balaban J connectivity index is 1.43. The highest BCUT2D eigenvalue weighted by atomic mass is 16.5. The molecule has 2 fully saturated rings. The summed E-state index contributed by atoms with van der Waals surface area (Å²) in [5.74, 6) is 2.34. The van der Waals surface area contributed by atoms with E-state index in [9.17, 15) is 4.79 Å². The lowest BCUT2D eigenvalue weighted by Gasteiger charge is -2.34. The highest BCUT2D eigenvalue weighted by molar-refractivity contribution is 5.92. The second-order valence-corrected chi connectivity index (χ2v) is 6.96. The van der Waals surface area contributed by atoms with E-state index in [-0.39, 0.29) is 5.91 Å². The molecule has 8 heteroatoms. The van der Waals surface area contributed by atoms with Gasteiger partial charge in [-0.15, -0.1) is 0 Å². The number of carbonyl (C=O) groups is 1. The van der Waals surface area contributed by atoms with Crippen LogP contribution in [-0.2, 0) is 0 Å². The molecule has 4 heterocycles. The van der Waals surface area contributed by atoms with E-state index < -0.39 is 0 Å². The summed E-state index contributed by atoms with van der Waals surface area (Å²) in [5.41, 5.74) is 1.35. The summed E-state index contributed by atoms with van der Waals surface area (Å²) in [6, 6.07) is 3.74. The van der Waals surface area contributed by atoms with Gasteiger partial charge in [-0.1, -0.05) is 5.16 Å². The van der Waals surface area contributed by atoms with Crippen molar-refractivity contribution in [1.82, 2.24) is 20.0 Å². The molecule has 0 atom stereocenters. The van der Waals surface area contributed by atoms with Crippen LogP contribution in [-0.4, -0.2) is 65.2 Å². The Morgan fingerprint density at radius 3 is 2.35 bits per heavy atom. The monoisotopic (exact) mass is 356 g/mol. The summed E-state index contributed by atoms with van der Waals surface area (Å²) in [4.78, 5) is 28.2. The summed E-state index contributed by atoms with van der Waals surface area (Å²) in [5, 5.41) is 3.83. The van der Waals surface area contributed by atoms with Crippen molar-refractivity contribution in [1.29, 1.82) is 0 Å². The third-order valence-corrected chi connectivity index (χ3v) is 4.96. The van der Waals surface area contributed by atoms with Gasteiger partial charge < -0.3 is 19.2 Å². The van der Waals surface area contributed by atoms with E-state index in [1.807, 2.05) is 11.8 Å². The number of piperazine rings is 1. The zero-order chi connectivity index (χ0) is 18.1. The van der Waals surface area contributed by atoms with Gasteiger partial charge in [-0.25, -0.2) is 4.98 Å². The minimum atomic E-state index is -0.0792. The molecule has 0 saturated carbocycles. The number of amides is 1. The summed E-state index contributed by atoms with van der Waals surface area (Å²) in [6.45, 7) is 8.61. The number of carbonyl (C=O) groups excluding carboxylic acids is 1. The van der Waals surface area contributed by atoms with Gasteiger partial charge in [0.15, 0.2) is 5.69 Å². The Bertz CT molecular complexity index is 791. The molecule has 2 aliphatic heterocycles. The predicted octanol–water partition coefficient (Wildman–Crippen LogP) is 1.64. The summed E-state index contributed by atoms with van der Waals surface area (Å²) < 4.78 is 5.01. The first kappa shape index (κ1) is 16.8. The summed E-state index contributed by atoms with van der Waals surface area (Å²) >= 11 is 0. The van der Waals surface area contributed by atoms with Gasteiger partial charge in [-0.05, 0) is 26.7 Å². The quantitative estimate of drug-likeness (QED) is 0.827. The fraction of sp³-hybridized carbons (Fsp3) is 0.556. The molecule has 4 rings (SSSR count). The summed E-state index contributed by atoms with van der Waals surface area (Å²) in [7, 11) is 0. The number of aromatic nitrogens is 3. The van der Waals surface area contributed by atoms with Gasteiger partial charge in [0, 0.05) is 57.1 Å². The van der Waals surface area contributed by atoms with Crippen molar-refractivity contribution in [2.75, 3.05) is 49.1 Å². The predicted molar refractivity (Wildman–Crippen MR) is 97.6 cm³/mol. The van der Waals surface area contributed by atoms with Gasteiger partial charge >= 0.3 is 0 Å². The molecule has 0 bridgehead atoms. The largest absolute Gasteiger partial charge is 0.361 e. The Morgan fingerprint density at radius 1 is 0.962 bits per heavy atom. The zero-order valence-electron chi connectivity index (χ0n) is 15.3. The van der Waals surface area contributed by atoms with Crippen molar-refractivity contribution in [3.05, 3.63) is 29.3 Å². The Hall–Kier alpha value is -2.64. The number of aryl methyl sites for hydroxylation is 2. The van der Waals surface area contributed by atoms with Crippen LogP contribution in [0.25, 0.3) is 0 Å². The number of rotatable bonds is 3. The van der Waals surface area contributed by atoms with Gasteiger partial charge in [0.25, 0.3) is 5.91 Å². The lowest BCUT2D eigenvalue weighted by molar-refractivity contribution is 0.0735. The van der Waals surface area contributed by atoms with Gasteiger partial charge in [0.05, 0.1) is 0 Å². The second kappa shape index (κ2) is 6.93. The van der Waals surface area contributed by atoms with E-state index in [1.54, 1.807) is 13.0 Å². The lowest BCUT2D eigenvalue weighted by atomic mass is 10.2. The van der Waals surface area contributed by atoms with Crippen molar-refractivity contribution in [2.45, 2.75) is 26.7 Å². The van der Waals surface area contributed by atoms with Gasteiger partial charge in [0.2, 0.25) is 5.95 Å². The number of hydrogen-bond acceptors (Lipinski definition) is 7. The van der Waals surface area contributed by atoms with Crippen LogP contribution in [0.4, 0.5) is 11.8 Å². The molecule has 0 unspecified atom stereocenters. The van der Waals surface area contributed by atoms with E-state index in [4.69, 9.17) is 9.51 Å². The molecule has 138 valence electrons. The number of anilines is 2. The number of hydrogen-bond donors (Lipinski definition) is 0. The van der Waals surface area contributed by atoms with E-state index >= 15 is 0 Å². The van der Waals surface area contributed by atoms with Crippen LogP contribution >= 0.6 is 0 Å². The zero-order valence-corrected chi connectivity index (χ0v) is 15.3. The molecular weight excluding hydrogens is 332 g/mol. The molecular formula is C18H24N6O2. The van der Waals surface area contributed by atoms with Gasteiger partial charge in [-0.2, -0.15) is 4.98 Å². The Labute approximate surface area is 152 Å². The first-order valence-electron chi connectivity index (χ1n) is 9.18. The molecule has 0 N–H and O–H groups in total. The van der Waals surface area contributed by atoms with Crippen molar-refractivity contribution in [3.8, 4) is 0 Å². The molecule has 2 saturated heterocycles. The number of nitrogens with zero attached hydrogens (tertiary/aromatic N) is 6. The molecule has 2 aromatic rings. The van der Waals surface area contributed by atoms with E-state index in [2.05, 4.69) is 26.0 Å². The molecule has 8 nitrogen and oxygen atoms in total. The van der Waals surface area contributed by atoms with E-state index in [1.165, 1.54) is 12.8 Å². The average molecular weight is 356 g/mol. The minimum absolute atomic E-state index is 0.0792. The van der Waals surface area contributed by atoms with Crippen LogP contribution in [0.15, 0.2) is 16.7 Å². The SMILES string of the molecule is Cc1cc(N2CCCC2)nc(N2CCN(C(=O)c3cc(C)on3)CC2)n1. The van der Waals surface area contributed by atoms with Crippen LogP contribution in [0, 0.1) is 13.8 Å². The molecule has 2 aliphatic rings. The fourth-order valence-corrected chi connectivity index (χ4v) is 3.52. The van der Waals surface area contributed by atoms with Crippen molar-refractivity contribution >= 4 is 17.7 Å². The standard InChI is InChI=1S/C18H24N6O2/c1-13-11-16(22-5-3-4-6-22)20-18(19-13)24-9-7-23(8-10-24)17(25)15-12-14(2)26-21-15/h11-12H,3-10H2,1-2H3. The topological polar surface area (TPSA) is 78.6 Å². The Kier molecular flexibility index (Phi) is 4.48. The van der Waals surface area contributed by atoms with Gasteiger partial charge in [0.1, 0.15) is 11.6 Å². The van der Waals surface area contributed by atoms with E-state index in [0.717, 1.165) is 30.5 Å². The highest BCUT2D eigenvalue weighted by Gasteiger charge is 2.26. The van der Waals surface area contributed by atoms with Crippen LogP contribution in [0.2, 0.25) is 0 Å². The van der Waals surface area contributed by atoms with Crippen molar-refractivity contribution in [2.24, 2.45) is 0 Å². The third kappa shape index (κ3) is 3.36. The Morgan fingerprint density at radius 2 is 1.69 bits per heavy atom. The normalized spacial score (nSPS) is 17.8. The highest BCUT2D eigenvalue weighted by Crippen LogP contribution is 2.22. The van der Waals surface area contributed by atoms with Gasteiger partial charge in [-0.3, -0.25) is 4.79 Å². The van der Waals surface area contributed by atoms with E-state index in [0.29, 0.717) is 37.6 Å². The van der Waals surface area contributed by atoms with Crippen LogP contribution in [0.1, 0.15) is 34.8 Å². The summed E-state index contributed by atoms with van der Waals surface area (Å²) in [6.07, 6.45) is 2.45. The maximum atomic E-state index is 12.5. The third-order valence-electron chi connectivity index (χ3n) is 4.96. The molecule has 0 aromatic carbocycles. The van der Waals surface area contributed by atoms with Crippen LogP contribution in [0.3, 0.4) is 0 Å². The minimum Gasteiger partial charge on any atom is -0.361 e. The smallest absolute Gasteiger partial charge is 0.276 e. The second-order valence-electron chi connectivity index (χ2n) is 6.96. The van der Waals surface area contributed by atoms with Crippen LogP contribution in [0.5, 0.6) is 0 Å².